The van der Waals surface area contributed by atoms with E-state index in [1.54, 1.807) is 11.9 Å². The van der Waals surface area contributed by atoms with Crippen LogP contribution in [0.1, 0.15) is 32.3 Å². The van der Waals surface area contributed by atoms with Crippen molar-refractivity contribution in [3.63, 3.8) is 0 Å². The summed E-state index contributed by atoms with van der Waals surface area (Å²) in [5.74, 6) is -1.03. The number of benzene rings is 1. The van der Waals surface area contributed by atoms with E-state index in [9.17, 15) is 14.7 Å². The highest BCUT2D eigenvalue weighted by Crippen LogP contribution is 2.15. The van der Waals surface area contributed by atoms with E-state index in [1.807, 2.05) is 44.2 Å². The van der Waals surface area contributed by atoms with Crippen LogP contribution >= 0.6 is 0 Å². The molecule has 1 amide bonds. The van der Waals surface area contributed by atoms with E-state index in [-0.39, 0.29) is 12.5 Å². The first kappa shape index (κ1) is 17.2. The van der Waals surface area contributed by atoms with Crippen molar-refractivity contribution < 1.29 is 14.7 Å². The van der Waals surface area contributed by atoms with E-state index in [1.165, 1.54) is 0 Å². The zero-order chi connectivity index (χ0) is 15.9. The molecule has 116 valence electrons. The lowest BCUT2D eigenvalue weighted by atomic mass is 9.93. The summed E-state index contributed by atoms with van der Waals surface area (Å²) >= 11 is 0. The van der Waals surface area contributed by atoms with Gasteiger partial charge in [-0.2, -0.15) is 0 Å². The Morgan fingerprint density at radius 2 is 1.76 bits per heavy atom. The maximum absolute atomic E-state index is 12.1. The van der Waals surface area contributed by atoms with Crippen LogP contribution in [-0.4, -0.2) is 41.0 Å². The van der Waals surface area contributed by atoms with Crippen LogP contribution in [0, 0.1) is 0 Å². The second kappa shape index (κ2) is 7.78. The van der Waals surface area contributed by atoms with E-state index >= 15 is 0 Å². The van der Waals surface area contributed by atoms with Gasteiger partial charge in [0.05, 0.1) is 6.54 Å². The van der Waals surface area contributed by atoms with Crippen LogP contribution in [0.4, 0.5) is 0 Å². The lowest BCUT2D eigenvalue weighted by molar-refractivity contribution is -0.145. The molecule has 1 aromatic rings. The third-order valence-corrected chi connectivity index (χ3v) is 3.88. The van der Waals surface area contributed by atoms with Gasteiger partial charge in [0.1, 0.15) is 5.54 Å². The third-order valence-electron chi connectivity index (χ3n) is 3.88. The highest BCUT2D eigenvalue weighted by Gasteiger charge is 2.34. The average Bonchev–Trinajstić information content (AvgIpc) is 2.49. The van der Waals surface area contributed by atoms with Crippen LogP contribution in [-0.2, 0) is 16.1 Å². The van der Waals surface area contributed by atoms with Gasteiger partial charge in [0, 0.05) is 13.6 Å². The average molecular weight is 292 g/mol. The molecule has 0 unspecified atom stereocenters. The number of carboxylic acids is 1. The number of aliphatic carboxylic acids is 1. The van der Waals surface area contributed by atoms with Crippen LogP contribution in [0.5, 0.6) is 0 Å². The third kappa shape index (κ3) is 4.56. The van der Waals surface area contributed by atoms with Crippen LogP contribution < -0.4 is 5.32 Å². The number of carboxylic acid groups (broad SMARTS) is 1. The van der Waals surface area contributed by atoms with E-state index in [0.717, 1.165) is 5.56 Å². The van der Waals surface area contributed by atoms with Gasteiger partial charge in [-0.3, -0.25) is 14.9 Å². The van der Waals surface area contributed by atoms with Crippen molar-refractivity contribution in [2.24, 2.45) is 0 Å². The number of hydrogen-bond acceptors (Lipinski definition) is 3. The molecule has 0 spiro atoms. The Hall–Kier alpha value is -1.88. The van der Waals surface area contributed by atoms with E-state index in [0.29, 0.717) is 19.4 Å². The highest BCUT2D eigenvalue weighted by atomic mass is 16.4. The van der Waals surface area contributed by atoms with E-state index in [2.05, 4.69) is 5.32 Å². The molecular weight excluding hydrogens is 268 g/mol. The molecule has 5 nitrogen and oxygen atoms in total. The Bertz CT molecular complexity index is 470. The van der Waals surface area contributed by atoms with Crippen molar-refractivity contribution in [2.45, 2.75) is 38.8 Å². The number of carbonyl (C=O) groups is 2. The molecule has 0 bridgehead atoms. The summed E-state index contributed by atoms with van der Waals surface area (Å²) in [6.07, 6.45) is 0.878. The summed E-state index contributed by atoms with van der Waals surface area (Å²) in [6.45, 7) is 4.16. The predicted octanol–water partition coefficient (Wildman–Crippen LogP) is 1.88. The second-order valence-corrected chi connectivity index (χ2v) is 5.18. The number of nitrogens with zero attached hydrogens (tertiary/aromatic N) is 1. The van der Waals surface area contributed by atoms with Crippen molar-refractivity contribution in [1.82, 2.24) is 10.2 Å². The zero-order valence-electron chi connectivity index (χ0n) is 12.9. The minimum absolute atomic E-state index is 0.0251. The van der Waals surface area contributed by atoms with Crippen molar-refractivity contribution >= 4 is 11.9 Å². The SMILES string of the molecule is CCC(CC)(NCC(=O)N(C)Cc1ccccc1)C(=O)O. The highest BCUT2D eigenvalue weighted by molar-refractivity contribution is 5.82. The summed E-state index contributed by atoms with van der Waals surface area (Å²) in [5, 5.41) is 12.2. The molecule has 5 heteroatoms. The van der Waals surface area contributed by atoms with Gasteiger partial charge in [0.2, 0.25) is 5.91 Å². The normalized spacial score (nSPS) is 11.2. The Morgan fingerprint density at radius 3 is 2.24 bits per heavy atom. The summed E-state index contributed by atoms with van der Waals surface area (Å²) in [4.78, 5) is 25.1. The molecule has 0 aliphatic carbocycles. The Balaban J connectivity index is 2.58. The molecule has 0 heterocycles. The zero-order valence-corrected chi connectivity index (χ0v) is 12.9. The summed E-state index contributed by atoms with van der Waals surface area (Å²) in [7, 11) is 1.72. The topological polar surface area (TPSA) is 69.6 Å². The largest absolute Gasteiger partial charge is 0.480 e. The molecule has 0 radical (unpaired) electrons. The van der Waals surface area contributed by atoms with E-state index in [4.69, 9.17) is 0 Å². The maximum Gasteiger partial charge on any atom is 0.323 e. The molecule has 2 N–H and O–H groups in total. The molecule has 0 saturated heterocycles. The fraction of sp³-hybridized carbons (Fsp3) is 0.500. The van der Waals surface area contributed by atoms with Crippen LogP contribution in [0.15, 0.2) is 30.3 Å². The number of nitrogens with one attached hydrogen (secondary N) is 1. The molecule has 0 aromatic heterocycles. The molecule has 0 atom stereocenters. The lowest BCUT2D eigenvalue weighted by Crippen LogP contribution is -2.54. The molecule has 0 saturated carbocycles. The number of likely N-dealkylation sites (N-methyl/N-ethyl adjacent to an activating group) is 1. The number of carbonyl (C=O) groups excluding carboxylic acids is 1. The summed E-state index contributed by atoms with van der Waals surface area (Å²) < 4.78 is 0. The van der Waals surface area contributed by atoms with Crippen LogP contribution in [0.2, 0.25) is 0 Å². The van der Waals surface area contributed by atoms with Crippen molar-refractivity contribution in [2.75, 3.05) is 13.6 Å². The predicted molar refractivity (Wildman–Crippen MR) is 81.9 cm³/mol. The van der Waals surface area contributed by atoms with Crippen LogP contribution in [0.25, 0.3) is 0 Å². The molecule has 1 rings (SSSR count). The number of rotatable bonds is 8. The molecule has 0 aliphatic heterocycles. The van der Waals surface area contributed by atoms with Gasteiger partial charge in [0.25, 0.3) is 0 Å². The summed E-state index contributed by atoms with van der Waals surface area (Å²) in [6, 6.07) is 9.69. The van der Waals surface area contributed by atoms with Gasteiger partial charge in [-0.1, -0.05) is 44.2 Å². The van der Waals surface area contributed by atoms with Crippen molar-refractivity contribution in [1.29, 1.82) is 0 Å². The van der Waals surface area contributed by atoms with Crippen molar-refractivity contribution in [3.05, 3.63) is 35.9 Å². The van der Waals surface area contributed by atoms with Gasteiger partial charge < -0.3 is 10.0 Å². The number of hydrogen-bond donors (Lipinski definition) is 2. The summed E-state index contributed by atoms with van der Waals surface area (Å²) in [5.41, 5.74) is 0.0207. The van der Waals surface area contributed by atoms with Crippen molar-refractivity contribution in [3.8, 4) is 0 Å². The first-order valence-corrected chi connectivity index (χ1v) is 7.21. The van der Waals surface area contributed by atoms with Crippen LogP contribution in [0.3, 0.4) is 0 Å². The molecule has 0 fully saturated rings. The number of amides is 1. The fourth-order valence-electron chi connectivity index (χ4n) is 2.20. The molecule has 1 aromatic carbocycles. The second-order valence-electron chi connectivity index (χ2n) is 5.18. The quantitative estimate of drug-likeness (QED) is 0.767. The first-order valence-electron chi connectivity index (χ1n) is 7.21. The molecule has 21 heavy (non-hydrogen) atoms. The Kier molecular flexibility index (Phi) is 6.37. The minimum atomic E-state index is -1.02. The maximum atomic E-state index is 12.1. The Labute approximate surface area is 126 Å². The van der Waals surface area contributed by atoms with Gasteiger partial charge in [-0.25, -0.2) is 0 Å². The molecular formula is C16H24N2O3. The van der Waals surface area contributed by atoms with Gasteiger partial charge in [-0.15, -0.1) is 0 Å². The van der Waals surface area contributed by atoms with Gasteiger partial charge in [0.15, 0.2) is 0 Å². The van der Waals surface area contributed by atoms with Gasteiger partial charge >= 0.3 is 5.97 Å². The van der Waals surface area contributed by atoms with Gasteiger partial charge in [-0.05, 0) is 18.4 Å². The Morgan fingerprint density at radius 1 is 1.19 bits per heavy atom. The monoisotopic (exact) mass is 292 g/mol. The smallest absolute Gasteiger partial charge is 0.323 e. The van der Waals surface area contributed by atoms with E-state index < -0.39 is 11.5 Å². The minimum Gasteiger partial charge on any atom is -0.480 e. The lowest BCUT2D eigenvalue weighted by Gasteiger charge is -2.29. The molecule has 0 aliphatic rings. The standard InChI is InChI=1S/C16H24N2O3/c1-4-16(5-2,15(20)21)17-11-14(19)18(3)12-13-9-7-6-8-10-13/h6-10,17H,4-5,11-12H2,1-3H3,(H,20,21). The fourth-order valence-corrected chi connectivity index (χ4v) is 2.20. The first-order chi connectivity index (χ1) is 9.95.